The van der Waals surface area contributed by atoms with Crippen LogP contribution in [0.25, 0.3) is 0 Å². The maximum absolute atomic E-state index is 12.8. The molecule has 1 saturated heterocycles. The van der Waals surface area contributed by atoms with Gasteiger partial charge in [0, 0.05) is 31.9 Å². The Morgan fingerprint density at radius 1 is 1.12 bits per heavy atom. The minimum Gasteiger partial charge on any atom is -0.321 e. The first-order valence-electron chi connectivity index (χ1n) is 7.60. The Kier molecular flexibility index (Phi) is 5.00. The van der Waals surface area contributed by atoms with Crippen LogP contribution >= 0.6 is 11.3 Å². The number of nitrogens with one attached hydrogen (secondary N) is 1. The van der Waals surface area contributed by atoms with Crippen LogP contribution < -0.4 is 5.32 Å². The lowest BCUT2D eigenvalue weighted by Crippen LogP contribution is -2.47. The Hall–Kier alpha value is -1.74. The molecule has 1 N–H and O–H groups in total. The first kappa shape index (κ1) is 17.1. The van der Waals surface area contributed by atoms with E-state index in [1.54, 1.807) is 30.3 Å². The molecular formula is C16H19N3O3S2. The van der Waals surface area contributed by atoms with E-state index in [0.717, 1.165) is 0 Å². The molecule has 0 spiro atoms. The molecule has 1 aromatic carbocycles. The molecular weight excluding hydrogens is 346 g/mol. The van der Waals surface area contributed by atoms with Crippen molar-refractivity contribution in [3.63, 3.8) is 0 Å². The van der Waals surface area contributed by atoms with Crippen LogP contribution in [-0.4, -0.2) is 56.8 Å². The molecule has 128 valence electrons. The van der Waals surface area contributed by atoms with E-state index < -0.39 is 10.0 Å². The van der Waals surface area contributed by atoms with Crippen LogP contribution in [-0.2, 0) is 10.0 Å². The van der Waals surface area contributed by atoms with E-state index in [9.17, 15) is 13.2 Å². The van der Waals surface area contributed by atoms with Crippen molar-refractivity contribution in [2.75, 3.05) is 38.5 Å². The number of rotatable bonds is 4. The average molecular weight is 365 g/mol. The molecule has 8 heteroatoms. The van der Waals surface area contributed by atoms with Crippen LogP contribution in [0.5, 0.6) is 0 Å². The molecule has 3 rings (SSSR count). The van der Waals surface area contributed by atoms with Crippen molar-refractivity contribution < 1.29 is 13.2 Å². The van der Waals surface area contributed by atoms with Gasteiger partial charge in [0.05, 0.1) is 9.77 Å². The minimum absolute atomic E-state index is 0.205. The molecule has 1 fully saturated rings. The number of hydrogen-bond donors (Lipinski definition) is 1. The normalized spacial score (nSPS) is 16.9. The monoisotopic (exact) mass is 365 g/mol. The molecule has 2 aromatic rings. The third-order valence-corrected chi connectivity index (χ3v) is 6.70. The van der Waals surface area contributed by atoms with Crippen LogP contribution in [0.15, 0.2) is 46.7 Å². The van der Waals surface area contributed by atoms with Crippen molar-refractivity contribution in [3.8, 4) is 0 Å². The topological polar surface area (TPSA) is 69.7 Å². The third kappa shape index (κ3) is 3.67. The van der Waals surface area contributed by atoms with Gasteiger partial charge >= 0.3 is 0 Å². The van der Waals surface area contributed by atoms with Gasteiger partial charge in [-0.05, 0) is 36.7 Å². The number of sulfonamides is 1. The summed E-state index contributed by atoms with van der Waals surface area (Å²) in [6, 6.07) is 9.94. The average Bonchev–Trinajstić information content (AvgIpc) is 3.10. The number of piperazine rings is 1. The molecule has 0 unspecified atom stereocenters. The smallest absolute Gasteiger partial charge is 0.265 e. The fourth-order valence-electron chi connectivity index (χ4n) is 2.51. The molecule has 1 aliphatic heterocycles. The third-order valence-electron chi connectivity index (χ3n) is 3.94. The summed E-state index contributed by atoms with van der Waals surface area (Å²) in [5.41, 5.74) is 0.476. The number of nitrogens with zero attached hydrogens (tertiary/aromatic N) is 2. The largest absolute Gasteiger partial charge is 0.321 e. The van der Waals surface area contributed by atoms with Crippen LogP contribution in [0.4, 0.5) is 5.69 Å². The molecule has 1 aliphatic rings. The Labute approximate surface area is 145 Å². The predicted octanol–water partition coefficient (Wildman–Crippen LogP) is 1.94. The molecule has 1 amide bonds. The van der Waals surface area contributed by atoms with Gasteiger partial charge in [-0.15, -0.1) is 11.3 Å². The second-order valence-corrected chi connectivity index (χ2v) is 8.55. The Balaban J connectivity index is 1.78. The molecule has 2 heterocycles. The van der Waals surface area contributed by atoms with Gasteiger partial charge in [0.1, 0.15) is 0 Å². The molecule has 0 radical (unpaired) electrons. The van der Waals surface area contributed by atoms with Crippen LogP contribution in [0.3, 0.4) is 0 Å². The molecule has 1 aromatic heterocycles. The zero-order valence-electron chi connectivity index (χ0n) is 13.3. The second kappa shape index (κ2) is 7.02. The fourth-order valence-corrected chi connectivity index (χ4v) is 4.60. The van der Waals surface area contributed by atoms with Gasteiger partial charge in [0.15, 0.2) is 0 Å². The van der Waals surface area contributed by atoms with Crippen molar-refractivity contribution in [1.82, 2.24) is 9.21 Å². The Morgan fingerprint density at radius 2 is 1.88 bits per heavy atom. The van der Waals surface area contributed by atoms with E-state index in [4.69, 9.17) is 0 Å². The molecule has 24 heavy (non-hydrogen) atoms. The van der Waals surface area contributed by atoms with Crippen LogP contribution in [0, 0.1) is 0 Å². The minimum atomic E-state index is -3.54. The van der Waals surface area contributed by atoms with E-state index in [2.05, 4.69) is 10.2 Å². The summed E-state index contributed by atoms with van der Waals surface area (Å²) >= 11 is 1.34. The van der Waals surface area contributed by atoms with Crippen molar-refractivity contribution >= 4 is 33.0 Å². The summed E-state index contributed by atoms with van der Waals surface area (Å²) in [7, 11) is -1.56. The zero-order valence-corrected chi connectivity index (χ0v) is 14.9. The molecule has 0 atom stereocenters. The lowest BCUT2D eigenvalue weighted by molar-refractivity contribution is 0.103. The lowest BCUT2D eigenvalue weighted by atomic mass is 10.3. The Morgan fingerprint density at radius 3 is 2.54 bits per heavy atom. The molecule has 0 saturated carbocycles. The quantitative estimate of drug-likeness (QED) is 0.899. The molecule has 0 bridgehead atoms. The van der Waals surface area contributed by atoms with Gasteiger partial charge in [0.2, 0.25) is 10.0 Å². The number of carbonyl (C=O) groups excluding carboxylic acids is 1. The van der Waals surface area contributed by atoms with E-state index >= 15 is 0 Å². The molecule has 6 nitrogen and oxygen atoms in total. The number of thiophene rings is 1. The summed E-state index contributed by atoms with van der Waals surface area (Å²) in [4.78, 5) is 15.0. The SMILES string of the molecule is CN1CCN(S(=O)(=O)c2cccc(NC(=O)c3cccs3)c2)CC1. The van der Waals surface area contributed by atoms with Crippen molar-refractivity contribution in [1.29, 1.82) is 0 Å². The summed E-state index contributed by atoms with van der Waals surface area (Å²) in [5, 5.41) is 4.57. The summed E-state index contributed by atoms with van der Waals surface area (Å²) < 4.78 is 27.0. The highest BCUT2D eigenvalue weighted by Crippen LogP contribution is 2.21. The number of anilines is 1. The number of benzene rings is 1. The highest BCUT2D eigenvalue weighted by Gasteiger charge is 2.27. The zero-order chi connectivity index (χ0) is 17.2. The van der Waals surface area contributed by atoms with Crippen molar-refractivity contribution in [2.45, 2.75) is 4.90 Å². The number of amides is 1. The van der Waals surface area contributed by atoms with Crippen molar-refractivity contribution in [3.05, 3.63) is 46.7 Å². The van der Waals surface area contributed by atoms with Gasteiger partial charge in [0.25, 0.3) is 5.91 Å². The summed E-state index contributed by atoms with van der Waals surface area (Å²) in [6.45, 7) is 2.39. The van der Waals surface area contributed by atoms with Crippen LogP contribution in [0.1, 0.15) is 9.67 Å². The standard InChI is InChI=1S/C16H19N3O3S2/c1-18-7-9-19(10-8-18)24(21,22)14-5-2-4-13(12-14)17-16(20)15-6-3-11-23-15/h2-6,11-12H,7-10H2,1H3,(H,17,20). The Bertz CT molecular complexity index is 811. The predicted molar refractivity (Wildman–Crippen MR) is 95.0 cm³/mol. The highest BCUT2D eigenvalue weighted by atomic mass is 32.2. The van der Waals surface area contributed by atoms with E-state index in [1.807, 2.05) is 12.4 Å². The first-order chi connectivity index (χ1) is 11.5. The summed E-state index contributed by atoms with van der Waals surface area (Å²) in [5.74, 6) is -0.237. The molecule has 0 aliphatic carbocycles. The maximum atomic E-state index is 12.8. The lowest BCUT2D eigenvalue weighted by Gasteiger charge is -2.31. The van der Waals surface area contributed by atoms with Crippen LogP contribution in [0.2, 0.25) is 0 Å². The van der Waals surface area contributed by atoms with Gasteiger partial charge in [-0.1, -0.05) is 12.1 Å². The number of likely N-dealkylation sites (N-methyl/N-ethyl adjacent to an activating group) is 1. The number of carbonyl (C=O) groups is 1. The maximum Gasteiger partial charge on any atom is 0.265 e. The second-order valence-electron chi connectivity index (χ2n) is 5.67. The number of hydrogen-bond acceptors (Lipinski definition) is 5. The van der Waals surface area contributed by atoms with Gasteiger partial charge in [-0.25, -0.2) is 8.42 Å². The van der Waals surface area contributed by atoms with Gasteiger partial charge < -0.3 is 10.2 Å². The highest BCUT2D eigenvalue weighted by molar-refractivity contribution is 7.89. The van der Waals surface area contributed by atoms with E-state index in [0.29, 0.717) is 36.7 Å². The first-order valence-corrected chi connectivity index (χ1v) is 9.92. The summed E-state index contributed by atoms with van der Waals surface area (Å²) in [6.07, 6.45) is 0. The van der Waals surface area contributed by atoms with Crippen molar-refractivity contribution in [2.24, 2.45) is 0 Å². The van der Waals surface area contributed by atoms with Gasteiger partial charge in [-0.3, -0.25) is 4.79 Å². The van der Waals surface area contributed by atoms with E-state index in [-0.39, 0.29) is 10.8 Å². The fraction of sp³-hybridized carbons (Fsp3) is 0.312. The van der Waals surface area contributed by atoms with E-state index in [1.165, 1.54) is 21.7 Å². The van der Waals surface area contributed by atoms with Gasteiger partial charge in [-0.2, -0.15) is 4.31 Å².